The van der Waals surface area contributed by atoms with Crippen LogP contribution in [0.3, 0.4) is 0 Å². The minimum absolute atomic E-state index is 0.227. The molecule has 1 atom stereocenters. The third kappa shape index (κ3) is 3.52. The quantitative estimate of drug-likeness (QED) is 0.838. The molecule has 1 aliphatic heterocycles. The summed E-state index contributed by atoms with van der Waals surface area (Å²) in [5, 5.41) is 0. The van der Waals surface area contributed by atoms with Gasteiger partial charge in [0.1, 0.15) is 0 Å². The normalized spacial score (nSPS) is 27.6. The van der Waals surface area contributed by atoms with Crippen molar-refractivity contribution in [3.8, 4) is 0 Å². The summed E-state index contributed by atoms with van der Waals surface area (Å²) < 4.78 is 0. The first kappa shape index (κ1) is 15.3. The molecule has 1 unspecified atom stereocenters. The van der Waals surface area contributed by atoms with E-state index < -0.39 is 0 Å². The van der Waals surface area contributed by atoms with Crippen molar-refractivity contribution in [3.05, 3.63) is 0 Å². The lowest BCUT2D eigenvalue weighted by atomic mass is 9.67. The first-order valence-electron chi connectivity index (χ1n) is 8.45. The Morgan fingerprint density at radius 1 is 1.05 bits per heavy atom. The van der Waals surface area contributed by atoms with Crippen molar-refractivity contribution in [1.82, 2.24) is 4.90 Å². The Labute approximate surface area is 120 Å². The average molecular weight is 266 g/mol. The van der Waals surface area contributed by atoms with Crippen LogP contribution in [0.5, 0.6) is 0 Å². The molecule has 1 saturated carbocycles. The van der Waals surface area contributed by atoms with Gasteiger partial charge < -0.3 is 5.73 Å². The van der Waals surface area contributed by atoms with Crippen LogP contribution in [0, 0.1) is 11.3 Å². The number of hydrogen-bond acceptors (Lipinski definition) is 2. The van der Waals surface area contributed by atoms with Crippen LogP contribution >= 0.6 is 0 Å². The van der Waals surface area contributed by atoms with Crippen LogP contribution in [0.4, 0.5) is 0 Å². The summed E-state index contributed by atoms with van der Waals surface area (Å²) in [5.41, 5.74) is 7.05. The van der Waals surface area contributed by atoms with E-state index in [1.807, 2.05) is 0 Å². The van der Waals surface area contributed by atoms with Gasteiger partial charge >= 0.3 is 0 Å². The molecule has 0 amide bonds. The van der Waals surface area contributed by atoms with Crippen LogP contribution < -0.4 is 5.73 Å². The highest BCUT2D eigenvalue weighted by Crippen LogP contribution is 2.45. The fourth-order valence-electron chi connectivity index (χ4n) is 4.54. The largest absolute Gasteiger partial charge is 0.329 e. The van der Waals surface area contributed by atoms with E-state index in [0.717, 1.165) is 12.5 Å². The van der Waals surface area contributed by atoms with Crippen LogP contribution in [0.25, 0.3) is 0 Å². The van der Waals surface area contributed by atoms with Crippen molar-refractivity contribution in [2.75, 3.05) is 19.6 Å². The molecule has 0 aromatic carbocycles. The van der Waals surface area contributed by atoms with E-state index in [0.29, 0.717) is 5.41 Å². The van der Waals surface area contributed by atoms with E-state index in [2.05, 4.69) is 25.7 Å². The second-order valence-corrected chi connectivity index (χ2v) is 7.85. The average Bonchev–Trinajstić information content (AvgIpc) is 2.39. The Bertz CT molecular complexity index is 271. The fourth-order valence-corrected chi connectivity index (χ4v) is 4.54. The van der Waals surface area contributed by atoms with Crippen molar-refractivity contribution in [2.24, 2.45) is 17.1 Å². The highest BCUT2D eigenvalue weighted by molar-refractivity contribution is 4.95. The summed E-state index contributed by atoms with van der Waals surface area (Å²) in [6.45, 7) is 10.4. The molecule has 2 heteroatoms. The van der Waals surface area contributed by atoms with Crippen molar-refractivity contribution in [3.63, 3.8) is 0 Å². The Morgan fingerprint density at radius 2 is 1.63 bits per heavy atom. The summed E-state index contributed by atoms with van der Waals surface area (Å²) in [4.78, 5) is 2.70. The highest BCUT2D eigenvalue weighted by atomic mass is 15.2. The maximum atomic E-state index is 6.11. The van der Waals surface area contributed by atoms with Gasteiger partial charge in [-0.15, -0.1) is 0 Å². The molecule has 2 fully saturated rings. The predicted molar refractivity (Wildman–Crippen MR) is 83.2 cm³/mol. The van der Waals surface area contributed by atoms with E-state index in [1.54, 1.807) is 0 Å². The zero-order chi connectivity index (χ0) is 13.9. The topological polar surface area (TPSA) is 29.3 Å². The third-order valence-corrected chi connectivity index (χ3v) is 5.79. The number of piperidine rings is 1. The molecule has 2 nitrogen and oxygen atoms in total. The van der Waals surface area contributed by atoms with Gasteiger partial charge in [-0.25, -0.2) is 0 Å². The minimum atomic E-state index is 0.227. The zero-order valence-corrected chi connectivity index (χ0v) is 13.4. The second-order valence-electron chi connectivity index (χ2n) is 7.85. The van der Waals surface area contributed by atoms with Gasteiger partial charge in [0.25, 0.3) is 0 Å². The first-order chi connectivity index (χ1) is 9.00. The van der Waals surface area contributed by atoms with E-state index in [1.165, 1.54) is 64.5 Å². The number of nitrogens with two attached hydrogens (primary N) is 1. The van der Waals surface area contributed by atoms with Gasteiger partial charge in [0.15, 0.2) is 0 Å². The van der Waals surface area contributed by atoms with Crippen LogP contribution in [-0.2, 0) is 0 Å². The lowest BCUT2D eigenvalue weighted by Crippen LogP contribution is -2.56. The number of likely N-dealkylation sites (tertiary alicyclic amines) is 1. The van der Waals surface area contributed by atoms with Crippen molar-refractivity contribution in [1.29, 1.82) is 0 Å². The smallest absolute Gasteiger partial charge is 0.0306 e. The van der Waals surface area contributed by atoms with Crippen LogP contribution in [-0.4, -0.2) is 30.1 Å². The lowest BCUT2D eigenvalue weighted by Gasteiger charge is -2.50. The van der Waals surface area contributed by atoms with Gasteiger partial charge in [-0.1, -0.05) is 33.1 Å². The molecule has 19 heavy (non-hydrogen) atoms. The molecule has 0 aromatic rings. The zero-order valence-electron chi connectivity index (χ0n) is 13.4. The summed E-state index contributed by atoms with van der Waals surface area (Å²) in [6.07, 6.45) is 11.5. The summed E-state index contributed by atoms with van der Waals surface area (Å²) in [6, 6.07) is 0. The fraction of sp³-hybridized carbons (Fsp3) is 1.00. The van der Waals surface area contributed by atoms with Gasteiger partial charge in [-0.3, -0.25) is 4.90 Å². The second kappa shape index (κ2) is 6.13. The number of rotatable bonds is 4. The highest BCUT2D eigenvalue weighted by Gasteiger charge is 2.40. The van der Waals surface area contributed by atoms with Gasteiger partial charge in [-0.05, 0) is 63.5 Å². The summed E-state index contributed by atoms with van der Waals surface area (Å²) >= 11 is 0. The lowest BCUT2D eigenvalue weighted by molar-refractivity contribution is 0.00291. The van der Waals surface area contributed by atoms with Gasteiger partial charge in [-0.2, -0.15) is 0 Å². The number of hydrogen-bond donors (Lipinski definition) is 1. The Morgan fingerprint density at radius 3 is 2.11 bits per heavy atom. The van der Waals surface area contributed by atoms with E-state index in [-0.39, 0.29) is 5.54 Å². The van der Waals surface area contributed by atoms with Crippen molar-refractivity contribution < 1.29 is 0 Å². The summed E-state index contributed by atoms with van der Waals surface area (Å²) in [7, 11) is 0. The SMILES string of the molecule is CC(C)CC(C)(CN)N1CCC2(CCCCC2)CC1. The monoisotopic (exact) mass is 266 g/mol. The molecule has 1 spiro atoms. The Balaban J connectivity index is 1.94. The standard InChI is InChI=1S/C17H34N2/c1-15(2)13-16(3,14-18)19-11-9-17(10-12-19)7-5-4-6-8-17/h15H,4-14,18H2,1-3H3. The van der Waals surface area contributed by atoms with Crippen LogP contribution in [0.15, 0.2) is 0 Å². The van der Waals surface area contributed by atoms with Gasteiger partial charge in [0.2, 0.25) is 0 Å². The van der Waals surface area contributed by atoms with E-state index in [9.17, 15) is 0 Å². The van der Waals surface area contributed by atoms with Crippen molar-refractivity contribution >= 4 is 0 Å². The molecular formula is C17H34N2. The molecule has 0 aromatic heterocycles. The molecule has 0 bridgehead atoms. The van der Waals surface area contributed by atoms with Gasteiger partial charge in [0, 0.05) is 12.1 Å². The Kier molecular flexibility index (Phi) is 4.94. The van der Waals surface area contributed by atoms with Gasteiger partial charge in [0.05, 0.1) is 0 Å². The van der Waals surface area contributed by atoms with Crippen LogP contribution in [0.1, 0.15) is 72.1 Å². The van der Waals surface area contributed by atoms with E-state index in [4.69, 9.17) is 5.73 Å². The third-order valence-electron chi connectivity index (χ3n) is 5.79. The number of nitrogens with zero attached hydrogens (tertiary/aromatic N) is 1. The molecule has 0 radical (unpaired) electrons. The molecule has 112 valence electrons. The maximum Gasteiger partial charge on any atom is 0.0306 e. The van der Waals surface area contributed by atoms with Crippen molar-refractivity contribution in [2.45, 2.75) is 77.7 Å². The van der Waals surface area contributed by atoms with E-state index >= 15 is 0 Å². The van der Waals surface area contributed by atoms with Crippen LogP contribution in [0.2, 0.25) is 0 Å². The maximum absolute atomic E-state index is 6.11. The molecule has 1 heterocycles. The predicted octanol–water partition coefficient (Wildman–Crippen LogP) is 3.80. The molecule has 1 saturated heterocycles. The summed E-state index contributed by atoms with van der Waals surface area (Å²) in [5.74, 6) is 0.735. The Hall–Kier alpha value is -0.0800. The molecule has 2 rings (SSSR count). The molecule has 2 N–H and O–H groups in total. The minimum Gasteiger partial charge on any atom is -0.329 e. The molecular weight excluding hydrogens is 232 g/mol. The first-order valence-corrected chi connectivity index (χ1v) is 8.45. The molecule has 1 aliphatic carbocycles. The molecule has 2 aliphatic rings.